The number of hydrogen-bond acceptors (Lipinski definition) is 4. The molecule has 1 rings (SSSR count). The van der Waals surface area contributed by atoms with Gasteiger partial charge in [0.1, 0.15) is 0 Å². The van der Waals surface area contributed by atoms with Gasteiger partial charge < -0.3 is 10.2 Å². The minimum absolute atomic E-state index is 0.0274. The van der Waals surface area contributed by atoms with Crippen LogP contribution in [0.5, 0.6) is 0 Å². The Morgan fingerprint density at radius 3 is 2.50 bits per heavy atom. The van der Waals surface area contributed by atoms with Gasteiger partial charge >= 0.3 is 0 Å². The fourth-order valence-corrected chi connectivity index (χ4v) is 3.36. The number of sulfone groups is 1. The number of carbonyl (C=O) groups is 1. The molecule has 1 aliphatic rings. The molecule has 1 atom stereocenters. The molecule has 1 aliphatic heterocycles. The number of amides is 1. The van der Waals surface area contributed by atoms with Crippen molar-refractivity contribution in [2.75, 3.05) is 31.1 Å². The van der Waals surface area contributed by atoms with Gasteiger partial charge in [-0.25, -0.2) is 8.42 Å². The summed E-state index contributed by atoms with van der Waals surface area (Å²) in [5.41, 5.74) is 0. The first-order valence-corrected chi connectivity index (χ1v) is 7.52. The fraction of sp³-hybridized carbons (Fsp3) is 0.900. The van der Waals surface area contributed by atoms with Gasteiger partial charge in [-0.15, -0.1) is 0 Å². The smallest absolute Gasteiger partial charge is 0.224 e. The molecule has 1 N–H and O–H groups in total. The van der Waals surface area contributed by atoms with Gasteiger partial charge in [0.25, 0.3) is 0 Å². The van der Waals surface area contributed by atoms with E-state index >= 15 is 0 Å². The van der Waals surface area contributed by atoms with Crippen LogP contribution in [0.25, 0.3) is 0 Å². The first-order chi connectivity index (χ1) is 7.48. The standard InChI is InChI=1S/C10H20N2O3S/c1-3-12(4-2)10(13)7-9-8-16(14,15)6-5-11-9/h9,11H,3-8H2,1-2H3. The SMILES string of the molecule is CCN(CC)C(=O)CC1CS(=O)(=O)CCN1. The molecule has 1 fully saturated rings. The third-order valence-corrected chi connectivity index (χ3v) is 4.57. The molecule has 1 amide bonds. The Morgan fingerprint density at radius 1 is 1.38 bits per heavy atom. The van der Waals surface area contributed by atoms with Crippen LogP contribution in [0.3, 0.4) is 0 Å². The van der Waals surface area contributed by atoms with Gasteiger partial charge in [0.05, 0.1) is 11.5 Å². The maximum atomic E-state index is 11.8. The highest BCUT2D eigenvalue weighted by molar-refractivity contribution is 7.91. The maximum absolute atomic E-state index is 11.8. The minimum atomic E-state index is -2.95. The molecule has 16 heavy (non-hydrogen) atoms. The summed E-state index contributed by atoms with van der Waals surface area (Å²) in [6.45, 7) is 5.65. The highest BCUT2D eigenvalue weighted by atomic mass is 32.2. The lowest BCUT2D eigenvalue weighted by atomic mass is 10.2. The van der Waals surface area contributed by atoms with Crippen LogP contribution in [-0.2, 0) is 14.6 Å². The molecular weight excluding hydrogens is 228 g/mol. The van der Waals surface area contributed by atoms with E-state index in [4.69, 9.17) is 0 Å². The number of carbonyl (C=O) groups excluding carboxylic acids is 1. The normalized spacial score (nSPS) is 24.0. The van der Waals surface area contributed by atoms with Crippen molar-refractivity contribution in [2.45, 2.75) is 26.3 Å². The van der Waals surface area contributed by atoms with Crippen LogP contribution in [-0.4, -0.2) is 56.4 Å². The summed E-state index contributed by atoms with van der Waals surface area (Å²) in [5, 5.41) is 3.08. The quantitative estimate of drug-likeness (QED) is 0.737. The van der Waals surface area contributed by atoms with Crippen LogP contribution in [0.1, 0.15) is 20.3 Å². The number of rotatable bonds is 4. The predicted molar refractivity (Wildman–Crippen MR) is 63.0 cm³/mol. The molecule has 1 heterocycles. The number of hydrogen-bond donors (Lipinski definition) is 1. The van der Waals surface area contributed by atoms with Gasteiger partial charge in [-0.05, 0) is 13.8 Å². The molecule has 0 radical (unpaired) electrons. The van der Waals surface area contributed by atoms with E-state index in [1.54, 1.807) is 4.90 Å². The van der Waals surface area contributed by atoms with E-state index in [0.717, 1.165) is 0 Å². The topological polar surface area (TPSA) is 66.5 Å². The zero-order valence-corrected chi connectivity index (χ0v) is 10.7. The summed E-state index contributed by atoms with van der Waals surface area (Å²) in [4.78, 5) is 13.5. The molecular formula is C10H20N2O3S. The molecule has 0 spiro atoms. The van der Waals surface area contributed by atoms with Gasteiger partial charge in [-0.3, -0.25) is 4.79 Å². The van der Waals surface area contributed by atoms with E-state index < -0.39 is 9.84 Å². The fourth-order valence-electron chi connectivity index (χ4n) is 1.91. The van der Waals surface area contributed by atoms with Gasteiger partial charge in [0.2, 0.25) is 5.91 Å². The van der Waals surface area contributed by atoms with Crippen molar-refractivity contribution in [3.63, 3.8) is 0 Å². The Balaban J connectivity index is 2.51. The van der Waals surface area contributed by atoms with Gasteiger partial charge in [0, 0.05) is 32.1 Å². The lowest BCUT2D eigenvalue weighted by Gasteiger charge is -2.26. The molecule has 5 nitrogen and oxygen atoms in total. The highest BCUT2D eigenvalue weighted by Crippen LogP contribution is 2.07. The average Bonchev–Trinajstić information content (AvgIpc) is 2.17. The van der Waals surface area contributed by atoms with Crippen molar-refractivity contribution in [2.24, 2.45) is 0 Å². The van der Waals surface area contributed by atoms with Crippen molar-refractivity contribution in [3.05, 3.63) is 0 Å². The van der Waals surface area contributed by atoms with Gasteiger partial charge in [-0.1, -0.05) is 0 Å². The van der Waals surface area contributed by atoms with E-state index in [1.807, 2.05) is 13.8 Å². The second-order valence-electron chi connectivity index (χ2n) is 4.04. The van der Waals surface area contributed by atoms with Crippen LogP contribution in [0.15, 0.2) is 0 Å². The summed E-state index contributed by atoms with van der Waals surface area (Å²) < 4.78 is 22.8. The second kappa shape index (κ2) is 5.63. The zero-order chi connectivity index (χ0) is 12.2. The van der Waals surface area contributed by atoms with Crippen molar-refractivity contribution >= 4 is 15.7 Å². The highest BCUT2D eigenvalue weighted by Gasteiger charge is 2.26. The molecule has 0 saturated carbocycles. The summed E-state index contributed by atoms with van der Waals surface area (Å²) in [6.07, 6.45) is 0.279. The van der Waals surface area contributed by atoms with Crippen LogP contribution in [0.4, 0.5) is 0 Å². The molecule has 0 aromatic heterocycles. The largest absolute Gasteiger partial charge is 0.343 e. The molecule has 6 heteroatoms. The van der Waals surface area contributed by atoms with E-state index in [0.29, 0.717) is 19.6 Å². The first-order valence-electron chi connectivity index (χ1n) is 5.70. The van der Waals surface area contributed by atoms with Crippen LogP contribution >= 0.6 is 0 Å². The average molecular weight is 248 g/mol. The zero-order valence-electron chi connectivity index (χ0n) is 9.90. The molecule has 0 aromatic carbocycles. The minimum Gasteiger partial charge on any atom is -0.343 e. The van der Waals surface area contributed by atoms with E-state index in [2.05, 4.69) is 5.32 Å². The molecule has 0 aliphatic carbocycles. The summed E-state index contributed by atoms with van der Waals surface area (Å²) in [5.74, 6) is 0.294. The van der Waals surface area contributed by atoms with Crippen molar-refractivity contribution in [1.82, 2.24) is 10.2 Å². The first kappa shape index (κ1) is 13.4. The van der Waals surface area contributed by atoms with Crippen LogP contribution in [0, 0.1) is 0 Å². The molecule has 1 saturated heterocycles. The van der Waals surface area contributed by atoms with Crippen LogP contribution < -0.4 is 5.32 Å². The van der Waals surface area contributed by atoms with Crippen molar-refractivity contribution in [3.8, 4) is 0 Å². The van der Waals surface area contributed by atoms with E-state index in [1.165, 1.54) is 0 Å². The van der Waals surface area contributed by atoms with Crippen molar-refractivity contribution in [1.29, 1.82) is 0 Å². The molecule has 0 aromatic rings. The monoisotopic (exact) mass is 248 g/mol. The van der Waals surface area contributed by atoms with Crippen LogP contribution in [0.2, 0.25) is 0 Å². The van der Waals surface area contributed by atoms with E-state index in [9.17, 15) is 13.2 Å². The second-order valence-corrected chi connectivity index (χ2v) is 6.26. The third-order valence-electron chi connectivity index (χ3n) is 2.84. The molecule has 1 unspecified atom stereocenters. The Morgan fingerprint density at radius 2 is 2.00 bits per heavy atom. The Bertz CT molecular complexity index is 336. The predicted octanol–water partition coefficient (Wildman–Crippen LogP) is -0.368. The number of nitrogens with one attached hydrogen (secondary N) is 1. The van der Waals surface area contributed by atoms with Crippen molar-refractivity contribution < 1.29 is 13.2 Å². The van der Waals surface area contributed by atoms with Gasteiger partial charge in [0.15, 0.2) is 9.84 Å². The molecule has 94 valence electrons. The lowest BCUT2D eigenvalue weighted by molar-refractivity contribution is -0.131. The summed E-state index contributed by atoms with van der Waals surface area (Å²) in [7, 11) is -2.95. The number of nitrogens with zero attached hydrogens (tertiary/aromatic N) is 1. The summed E-state index contributed by atoms with van der Waals surface area (Å²) in [6, 6.07) is -0.216. The molecule has 0 bridgehead atoms. The van der Waals surface area contributed by atoms with E-state index in [-0.39, 0.29) is 29.9 Å². The Labute approximate surface area is 97.1 Å². The summed E-state index contributed by atoms with van der Waals surface area (Å²) >= 11 is 0. The third kappa shape index (κ3) is 3.75. The lowest BCUT2D eigenvalue weighted by Crippen LogP contribution is -2.47. The maximum Gasteiger partial charge on any atom is 0.224 e. The van der Waals surface area contributed by atoms with Gasteiger partial charge in [-0.2, -0.15) is 0 Å². The Hall–Kier alpha value is -0.620. The Kier molecular flexibility index (Phi) is 4.73.